The van der Waals surface area contributed by atoms with Crippen molar-refractivity contribution in [2.24, 2.45) is 11.1 Å². The van der Waals surface area contributed by atoms with E-state index in [1.807, 2.05) is 13.8 Å². The van der Waals surface area contributed by atoms with Gasteiger partial charge in [-0.1, -0.05) is 0 Å². The number of sulfonamides is 1. The molecule has 0 atom stereocenters. The maximum Gasteiger partial charge on any atom is 0.254 e. The maximum absolute atomic E-state index is 12.4. The van der Waals surface area contributed by atoms with E-state index in [9.17, 15) is 13.2 Å². The maximum atomic E-state index is 12.4. The van der Waals surface area contributed by atoms with Gasteiger partial charge in [0.2, 0.25) is 10.0 Å². The summed E-state index contributed by atoms with van der Waals surface area (Å²) >= 11 is 0.988. The topological polar surface area (TPSA) is 80.5 Å². The molecule has 19 heavy (non-hydrogen) atoms. The summed E-state index contributed by atoms with van der Waals surface area (Å²) in [5.41, 5.74) is 0.406. The van der Waals surface area contributed by atoms with Gasteiger partial charge >= 0.3 is 0 Å². The third-order valence-electron chi connectivity index (χ3n) is 3.14. The standard InChI is InChI=1S/C12H18N2O3S2/c1-8(2)14(6-9-3-4-9)12(15)10-5-11(18-7-10)19(13,16)17/h5,7-9H,3-4,6H2,1-2H3,(H2,13,16,17). The van der Waals surface area contributed by atoms with E-state index in [4.69, 9.17) is 5.14 Å². The lowest BCUT2D eigenvalue weighted by molar-refractivity contribution is 0.0696. The number of carbonyl (C=O) groups excluding carboxylic acids is 1. The van der Waals surface area contributed by atoms with Gasteiger partial charge in [0.15, 0.2) is 0 Å². The van der Waals surface area contributed by atoms with Crippen LogP contribution in [0.3, 0.4) is 0 Å². The lowest BCUT2D eigenvalue weighted by Gasteiger charge is -2.26. The number of rotatable bonds is 5. The number of amides is 1. The summed E-state index contributed by atoms with van der Waals surface area (Å²) in [4.78, 5) is 14.2. The zero-order valence-corrected chi connectivity index (χ0v) is 12.6. The molecule has 1 aliphatic carbocycles. The van der Waals surface area contributed by atoms with Crippen molar-refractivity contribution in [1.29, 1.82) is 0 Å². The van der Waals surface area contributed by atoms with Crippen molar-refractivity contribution in [2.75, 3.05) is 6.54 Å². The van der Waals surface area contributed by atoms with E-state index in [0.717, 1.165) is 17.9 Å². The molecule has 1 amide bonds. The molecule has 1 aliphatic rings. The van der Waals surface area contributed by atoms with Crippen LogP contribution in [0.15, 0.2) is 15.7 Å². The van der Waals surface area contributed by atoms with Gasteiger partial charge in [0.25, 0.3) is 5.91 Å². The smallest absolute Gasteiger partial charge is 0.254 e. The Bertz CT molecular complexity index is 574. The van der Waals surface area contributed by atoms with Crippen LogP contribution in [0.25, 0.3) is 0 Å². The molecule has 0 saturated heterocycles. The molecule has 1 saturated carbocycles. The number of thiophene rings is 1. The number of nitrogens with two attached hydrogens (primary N) is 1. The van der Waals surface area contributed by atoms with Crippen molar-refractivity contribution in [3.8, 4) is 0 Å². The van der Waals surface area contributed by atoms with Gasteiger partial charge in [0.05, 0.1) is 5.56 Å². The van der Waals surface area contributed by atoms with Gasteiger partial charge in [-0.05, 0) is 38.7 Å². The molecule has 1 heterocycles. The Balaban J connectivity index is 2.18. The van der Waals surface area contributed by atoms with E-state index in [-0.39, 0.29) is 16.2 Å². The number of nitrogens with zero attached hydrogens (tertiary/aromatic N) is 1. The number of carbonyl (C=O) groups is 1. The van der Waals surface area contributed by atoms with Gasteiger partial charge in [-0.2, -0.15) is 0 Å². The quantitative estimate of drug-likeness (QED) is 0.898. The Morgan fingerprint density at radius 3 is 2.58 bits per heavy atom. The molecule has 0 unspecified atom stereocenters. The molecule has 2 rings (SSSR count). The molecule has 7 heteroatoms. The minimum Gasteiger partial charge on any atom is -0.336 e. The van der Waals surface area contributed by atoms with E-state index in [2.05, 4.69) is 0 Å². The van der Waals surface area contributed by atoms with E-state index in [0.29, 0.717) is 11.5 Å². The largest absolute Gasteiger partial charge is 0.336 e. The van der Waals surface area contributed by atoms with Gasteiger partial charge in [0.1, 0.15) is 4.21 Å². The second-order valence-corrected chi connectivity index (χ2v) is 7.89. The predicted molar refractivity (Wildman–Crippen MR) is 74.6 cm³/mol. The second kappa shape index (κ2) is 5.22. The van der Waals surface area contributed by atoms with Crippen LogP contribution in [-0.4, -0.2) is 31.8 Å². The molecule has 1 aromatic heterocycles. The third kappa shape index (κ3) is 3.55. The molecule has 106 valence electrons. The monoisotopic (exact) mass is 302 g/mol. The average Bonchev–Trinajstić information content (AvgIpc) is 2.96. The molecule has 1 fully saturated rings. The highest BCUT2D eigenvalue weighted by atomic mass is 32.2. The summed E-state index contributed by atoms with van der Waals surface area (Å²) in [5.74, 6) is 0.482. The fourth-order valence-corrected chi connectivity index (χ4v) is 3.43. The van der Waals surface area contributed by atoms with E-state index in [1.165, 1.54) is 18.9 Å². The number of primary sulfonamides is 1. The van der Waals surface area contributed by atoms with Crippen LogP contribution in [0.5, 0.6) is 0 Å². The lowest BCUT2D eigenvalue weighted by atomic mass is 10.2. The minimum absolute atomic E-state index is 0.0333. The molecule has 1 aromatic rings. The normalized spacial score (nSPS) is 15.8. The second-order valence-electron chi connectivity index (χ2n) is 5.19. The van der Waals surface area contributed by atoms with Gasteiger partial charge in [-0.25, -0.2) is 13.6 Å². The Morgan fingerprint density at radius 2 is 2.16 bits per heavy atom. The van der Waals surface area contributed by atoms with Crippen LogP contribution in [0.4, 0.5) is 0 Å². The summed E-state index contributed by atoms with van der Waals surface area (Å²) in [6, 6.07) is 1.47. The summed E-state index contributed by atoms with van der Waals surface area (Å²) in [6.45, 7) is 4.68. The van der Waals surface area contributed by atoms with Gasteiger partial charge in [0, 0.05) is 18.0 Å². The fourth-order valence-electron chi connectivity index (χ4n) is 1.85. The highest BCUT2D eigenvalue weighted by molar-refractivity contribution is 7.91. The van der Waals surface area contributed by atoms with Crippen LogP contribution in [0, 0.1) is 5.92 Å². The van der Waals surface area contributed by atoms with Gasteiger partial charge < -0.3 is 4.90 Å². The van der Waals surface area contributed by atoms with Crippen LogP contribution < -0.4 is 5.14 Å². The Kier molecular flexibility index (Phi) is 3.98. The predicted octanol–water partition coefficient (Wildman–Crippen LogP) is 1.66. The zero-order valence-electron chi connectivity index (χ0n) is 11.0. The molecule has 5 nitrogen and oxygen atoms in total. The zero-order chi connectivity index (χ0) is 14.2. The summed E-state index contributed by atoms with van der Waals surface area (Å²) in [5, 5.41) is 6.61. The molecule has 2 N–H and O–H groups in total. The molecule has 0 bridgehead atoms. The molecule has 0 aliphatic heterocycles. The molecule has 0 radical (unpaired) electrons. The van der Waals surface area contributed by atoms with E-state index in [1.54, 1.807) is 10.3 Å². The first-order valence-corrected chi connectivity index (χ1v) is 8.64. The van der Waals surface area contributed by atoms with Crippen LogP contribution in [0.1, 0.15) is 37.0 Å². The summed E-state index contributed by atoms with van der Waals surface area (Å²) in [6.07, 6.45) is 2.34. The highest BCUT2D eigenvalue weighted by Crippen LogP contribution is 2.31. The van der Waals surface area contributed by atoms with Crippen molar-refractivity contribution < 1.29 is 13.2 Å². The van der Waals surface area contributed by atoms with Crippen molar-refractivity contribution in [1.82, 2.24) is 4.90 Å². The fraction of sp³-hybridized carbons (Fsp3) is 0.583. The molecule has 0 spiro atoms. The summed E-state index contributed by atoms with van der Waals surface area (Å²) in [7, 11) is -3.72. The van der Waals surface area contributed by atoms with Crippen LogP contribution in [-0.2, 0) is 10.0 Å². The first-order chi connectivity index (χ1) is 8.79. The first kappa shape index (κ1) is 14.5. The Hall–Kier alpha value is -0.920. The van der Waals surface area contributed by atoms with Crippen LogP contribution in [0.2, 0.25) is 0 Å². The van der Waals surface area contributed by atoms with Gasteiger partial charge in [-0.3, -0.25) is 4.79 Å². The lowest BCUT2D eigenvalue weighted by Crippen LogP contribution is -2.38. The number of hydrogen-bond donors (Lipinski definition) is 1. The molecular formula is C12H18N2O3S2. The Morgan fingerprint density at radius 1 is 1.53 bits per heavy atom. The van der Waals surface area contributed by atoms with Crippen molar-refractivity contribution >= 4 is 27.3 Å². The SMILES string of the molecule is CC(C)N(CC1CC1)C(=O)c1csc(S(N)(=O)=O)c1. The molecular weight excluding hydrogens is 284 g/mol. The minimum atomic E-state index is -3.72. The van der Waals surface area contributed by atoms with Crippen molar-refractivity contribution in [3.63, 3.8) is 0 Å². The van der Waals surface area contributed by atoms with Crippen molar-refractivity contribution in [3.05, 3.63) is 17.0 Å². The third-order valence-corrected chi connectivity index (χ3v) is 5.53. The van der Waals surface area contributed by atoms with E-state index >= 15 is 0 Å². The first-order valence-electron chi connectivity index (χ1n) is 6.21. The molecule has 0 aromatic carbocycles. The van der Waals surface area contributed by atoms with Crippen LogP contribution >= 0.6 is 11.3 Å². The average molecular weight is 302 g/mol. The highest BCUT2D eigenvalue weighted by Gasteiger charge is 2.29. The number of hydrogen-bond acceptors (Lipinski definition) is 4. The summed E-state index contributed by atoms with van der Waals surface area (Å²) < 4.78 is 22.5. The van der Waals surface area contributed by atoms with Crippen molar-refractivity contribution in [2.45, 2.75) is 36.9 Å². The Labute approximate surface area is 117 Å². The van der Waals surface area contributed by atoms with E-state index < -0.39 is 10.0 Å². The van der Waals surface area contributed by atoms with Gasteiger partial charge in [-0.15, -0.1) is 11.3 Å².